The molecule has 0 radical (unpaired) electrons. The number of alkyl halides is 3. The maximum absolute atomic E-state index is 11.8. The van der Waals surface area contributed by atoms with Gasteiger partial charge in [-0.15, -0.1) is 0 Å². The van der Waals surface area contributed by atoms with Gasteiger partial charge in [-0.05, 0) is 12.0 Å². The lowest BCUT2D eigenvalue weighted by Crippen LogP contribution is -2.26. The molecule has 0 saturated carbocycles. The minimum Gasteiger partial charge on any atom is -0.377 e. The second-order valence-corrected chi connectivity index (χ2v) is 4.06. The minimum atomic E-state index is -4.08. The summed E-state index contributed by atoms with van der Waals surface area (Å²) in [7, 11) is 0. The molecule has 0 aliphatic rings. The van der Waals surface area contributed by atoms with Crippen LogP contribution in [0.1, 0.15) is 26.7 Å². The van der Waals surface area contributed by atoms with Crippen molar-refractivity contribution >= 4 is 0 Å². The zero-order chi connectivity index (χ0) is 12.6. The molecule has 0 rings (SSSR count). The fourth-order valence-corrected chi connectivity index (χ4v) is 0.991. The summed E-state index contributed by atoms with van der Waals surface area (Å²) < 4.78 is 40.4. The van der Waals surface area contributed by atoms with Gasteiger partial charge in [0.2, 0.25) is 0 Å². The van der Waals surface area contributed by atoms with Crippen molar-refractivity contribution in [2.75, 3.05) is 19.8 Å². The summed E-state index contributed by atoms with van der Waals surface area (Å²) >= 11 is 0. The summed E-state index contributed by atoms with van der Waals surface area (Å²) in [5.41, 5.74) is 0.848. The van der Waals surface area contributed by atoms with Gasteiger partial charge in [0.1, 0.15) is 0 Å². The molecule has 0 aromatic rings. The third kappa shape index (κ3) is 11.5. The van der Waals surface area contributed by atoms with Crippen molar-refractivity contribution in [1.82, 2.24) is 5.32 Å². The fraction of sp³-hybridized carbons (Fsp3) is 0.818. The van der Waals surface area contributed by atoms with Crippen LogP contribution in [0.2, 0.25) is 0 Å². The molecule has 0 spiro atoms. The number of rotatable bonds is 8. The summed E-state index contributed by atoms with van der Waals surface area (Å²) in [5.74, 6) is 0. The Labute approximate surface area is 94.9 Å². The van der Waals surface area contributed by atoms with Gasteiger partial charge >= 0.3 is 6.18 Å². The van der Waals surface area contributed by atoms with Gasteiger partial charge in [0, 0.05) is 25.6 Å². The first-order valence-electron chi connectivity index (χ1n) is 5.36. The number of hydrogen-bond donors (Lipinski definition) is 1. The minimum absolute atomic E-state index is 0.00832. The average molecular weight is 239 g/mol. The van der Waals surface area contributed by atoms with Crippen LogP contribution in [0.5, 0.6) is 0 Å². The van der Waals surface area contributed by atoms with Gasteiger partial charge in [-0.25, -0.2) is 0 Å². The van der Waals surface area contributed by atoms with Gasteiger partial charge in [0.15, 0.2) is 0 Å². The Kier molecular flexibility index (Phi) is 7.42. The molecule has 0 aromatic heterocycles. The topological polar surface area (TPSA) is 21.3 Å². The molecule has 96 valence electrons. The molecular formula is C11H20F3NO. The average Bonchev–Trinajstić information content (AvgIpc) is 2.12. The van der Waals surface area contributed by atoms with Gasteiger partial charge in [-0.3, -0.25) is 0 Å². The van der Waals surface area contributed by atoms with Gasteiger partial charge in [0.05, 0.1) is 6.61 Å². The van der Waals surface area contributed by atoms with Crippen LogP contribution < -0.4 is 5.32 Å². The number of nitrogens with one attached hydrogen (secondary N) is 1. The molecule has 0 atom stereocenters. The van der Waals surface area contributed by atoms with E-state index in [1.165, 1.54) is 0 Å². The fourth-order valence-electron chi connectivity index (χ4n) is 0.991. The third-order valence-corrected chi connectivity index (χ3v) is 1.82. The second kappa shape index (κ2) is 7.68. The van der Waals surface area contributed by atoms with E-state index in [-0.39, 0.29) is 13.0 Å². The summed E-state index contributed by atoms with van der Waals surface area (Å²) in [6.45, 7) is 8.86. The van der Waals surface area contributed by atoms with Crippen LogP contribution in [0.3, 0.4) is 0 Å². The Bertz CT molecular complexity index is 202. The van der Waals surface area contributed by atoms with Gasteiger partial charge < -0.3 is 10.1 Å². The van der Waals surface area contributed by atoms with E-state index < -0.39 is 12.6 Å². The highest BCUT2D eigenvalue weighted by Gasteiger charge is 2.25. The molecule has 0 heterocycles. The predicted octanol–water partition coefficient (Wildman–Crippen LogP) is 2.90. The zero-order valence-electron chi connectivity index (χ0n) is 9.86. The van der Waals surface area contributed by atoms with E-state index >= 15 is 0 Å². The summed E-state index contributed by atoms with van der Waals surface area (Å²) in [6, 6.07) is 0.363. The first-order chi connectivity index (χ1) is 7.31. The molecule has 0 aliphatic heterocycles. The quantitative estimate of drug-likeness (QED) is 0.519. The molecule has 0 saturated heterocycles. The first kappa shape index (κ1) is 15.4. The number of hydrogen-bond acceptors (Lipinski definition) is 2. The van der Waals surface area contributed by atoms with Crippen LogP contribution in [0, 0.1) is 0 Å². The van der Waals surface area contributed by atoms with E-state index in [1.807, 2.05) is 13.8 Å². The molecule has 0 amide bonds. The summed E-state index contributed by atoms with van der Waals surface area (Å²) in [6.07, 6.45) is -4.86. The normalized spacial score (nSPS) is 12.1. The standard InChI is InChI=1S/C11H20F3NO/c1-9(2)15-7-10(3)8-16-6-4-5-11(12,13)14/h9,15H,3-8H2,1-2H3. The smallest absolute Gasteiger partial charge is 0.377 e. The molecule has 0 aliphatic carbocycles. The monoisotopic (exact) mass is 239 g/mol. The summed E-state index contributed by atoms with van der Waals surface area (Å²) in [4.78, 5) is 0. The molecule has 0 bridgehead atoms. The van der Waals surface area contributed by atoms with Crippen molar-refractivity contribution in [2.45, 2.75) is 38.9 Å². The zero-order valence-corrected chi connectivity index (χ0v) is 9.86. The highest BCUT2D eigenvalue weighted by molar-refractivity contribution is 4.97. The molecule has 1 N–H and O–H groups in total. The van der Waals surface area contributed by atoms with E-state index in [9.17, 15) is 13.2 Å². The molecule has 0 fully saturated rings. The molecule has 2 nitrogen and oxygen atoms in total. The SMILES string of the molecule is C=C(CNC(C)C)COCCCC(F)(F)F. The van der Waals surface area contributed by atoms with Crippen LogP contribution >= 0.6 is 0 Å². The van der Waals surface area contributed by atoms with Crippen molar-refractivity contribution in [1.29, 1.82) is 0 Å². The Morgan fingerprint density at radius 3 is 2.50 bits per heavy atom. The van der Waals surface area contributed by atoms with Crippen LogP contribution in [-0.2, 0) is 4.74 Å². The van der Waals surface area contributed by atoms with E-state index in [2.05, 4.69) is 11.9 Å². The largest absolute Gasteiger partial charge is 0.389 e. The number of halogens is 3. The lowest BCUT2D eigenvalue weighted by atomic mass is 10.3. The van der Waals surface area contributed by atoms with Crippen LogP contribution in [-0.4, -0.2) is 32.0 Å². The van der Waals surface area contributed by atoms with E-state index in [1.54, 1.807) is 0 Å². The highest BCUT2D eigenvalue weighted by Crippen LogP contribution is 2.20. The van der Waals surface area contributed by atoms with E-state index in [0.717, 1.165) is 5.57 Å². The van der Waals surface area contributed by atoms with Gasteiger partial charge in [-0.1, -0.05) is 20.4 Å². The Hall–Kier alpha value is -0.550. The lowest BCUT2D eigenvalue weighted by Gasteiger charge is -2.11. The Morgan fingerprint density at radius 2 is 2.00 bits per heavy atom. The van der Waals surface area contributed by atoms with Crippen molar-refractivity contribution < 1.29 is 17.9 Å². The van der Waals surface area contributed by atoms with E-state index in [4.69, 9.17) is 4.74 Å². The summed E-state index contributed by atoms with van der Waals surface area (Å²) in [5, 5.41) is 3.15. The maximum Gasteiger partial charge on any atom is 0.389 e. The maximum atomic E-state index is 11.8. The lowest BCUT2D eigenvalue weighted by molar-refractivity contribution is -0.137. The van der Waals surface area contributed by atoms with Crippen LogP contribution in [0.25, 0.3) is 0 Å². The molecule has 5 heteroatoms. The highest BCUT2D eigenvalue weighted by atomic mass is 19.4. The van der Waals surface area contributed by atoms with Crippen LogP contribution in [0.15, 0.2) is 12.2 Å². The number of ether oxygens (including phenoxy) is 1. The third-order valence-electron chi connectivity index (χ3n) is 1.82. The van der Waals surface area contributed by atoms with Crippen molar-refractivity contribution in [3.8, 4) is 0 Å². The Morgan fingerprint density at radius 1 is 1.38 bits per heavy atom. The van der Waals surface area contributed by atoms with Crippen molar-refractivity contribution in [3.05, 3.63) is 12.2 Å². The molecule has 16 heavy (non-hydrogen) atoms. The molecule has 0 aromatic carbocycles. The van der Waals surface area contributed by atoms with E-state index in [0.29, 0.717) is 19.2 Å². The van der Waals surface area contributed by atoms with Gasteiger partial charge in [0.25, 0.3) is 0 Å². The van der Waals surface area contributed by atoms with Gasteiger partial charge in [-0.2, -0.15) is 13.2 Å². The first-order valence-corrected chi connectivity index (χ1v) is 5.36. The van der Waals surface area contributed by atoms with Crippen LogP contribution in [0.4, 0.5) is 13.2 Å². The predicted molar refractivity (Wildman–Crippen MR) is 58.4 cm³/mol. The molecular weight excluding hydrogens is 219 g/mol. The Balaban J connectivity index is 3.35. The van der Waals surface area contributed by atoms with Crippen molar-refractivity contribution in [2.24, 2.45) is 0 Å². The van der Waals surface area contributed by atoms with Crippen molar-refractivity contribution in [3.63, 3.8) is 0 Å². The molecule has 0 unspecified atom stereocenters. The second-order valence-electron chi connectivity index (χ2n) is 4.06.